The molecule has 5 nitrogen and oxygen atoms in total. The van der Waals surface area contributed by atoms with E-state index < -0.39 is 11.8 Å². The van der Waals surface area contributed by atoms with E-state index >= 15 is 0 Å². The molecule has 0 aliphatic carbocycles. The predicted octanol–water partition coefficient (Wildman–Crippen LogP) is 2.25. The van der Waals surface area contributed by atoms with Gasteiger partial charge < -0.3 is 5.73 Å². The van der Waals surface area contributed by atoms with Crippen LogP contribution < -0.4 is 10.6 Å². The van der Waals surface area contributed by atoms with Gasteiger partial charge in [0.25, 0.3) is 11.8 Å². The molecule has 1 aliphatic rings. The molecule has 5 heteroatoms. The van der Waals surface area contributed by atoms with Gasteiger partial charge in [-0.25, -0.2) is 4.90 Å². The van der Waals surface area contributed by atoms with Crippen LogP contribution in [0.1, 0.15) is 31.8 Å². The summed E-state index contributed by atoms with van der Waals surface area (Å²) in [4.78, 5) is 26.1. The molecule has 0 unspecified atom stereocenters. The molecule has 102 valence electrons. The molecule has 0 spiro atoms. The number of carbonyl (C=O) groups is 2. The maximum absolute atomic E-state index is 12.5. The molecule has 0 fully saturated rings. The first-order chi connectivity index (χ1) is 10.0. The number of nitriles is 1. The molecule has 2 aromatic carbocycles. The number of amides is 2. The third-order valence-electron chi connectivity index (χ3n) is 3.49. The van der Waals surface area contributed by atoms with E-state index in [4.69, 9.17) is 11.0 Å². The van der Waals surface area contributed by atoms with Gasteiger partial charge in [-0.15, -0.1) is 0 Å². The number of nitrogens with zero attached hydrogens (tertiary/aromatic N) is 2. The van der Waals surface area contributed by atoms with E-state index in [-0.39, 0.29) is 5.56 Å². The van der Waals surface area contributed by atoms with Crippen LogP contribution in [0.25, 0.3) is 0 Å². The molecular weight excluding hydrogens is 266 g/mol. The van der Waals surface area contributed by atoms with Crippen molar-refractivity contribution in [3.63, 3.8) is 0 Å². The zero-order valence-corrected chi connectivity index (χ0v) is 11.3. The van der Waals surface area contributed by atoms with Crippen molar-refractivity contribution in [2.45, 2.75) is 6.92 Å². The minimum absolute atomic E-state index is 0.251. The molecule has 3 rings (SSSR count). The topological polar surface area (TPSA) is 87.2 Å². The fourth-order valence-electron chi connectivity index (χ4n) is 2.40. The summed E-state index contributed by atoms with van der Waals surface area (Å²) in [5, 5.41) is 8.91. The summed E-state index contributed by atoms with van der Waals surface area (Å²) >= 11 is 0. The van der Waals surface area contributed by atoms with Crippen molar-refractivity contribution in [3.05, 3.63) is 58.7 Å². The number of anilines is 2. The highest BCUT2D eigenvalue weighted by Crippen LogP contribution is 2.32. The van der Waals surface area contributed by atoms with Gasteiger partial charge in [-0.2, -0.15) is 5.26 Å². The van der Waals surface area contributed by atoms with E-state index in [1.807, 2.05) is 6.07 Å². The molecule has 1 heterocycles. The van der Waals surface area contributed by atoms with E-state index in [1.165, 1.54) is 18.2 Å². The lowest BCUT2D eigenvalue weighted by Gasteiger charge is -2.17. The van der Waals surface area contributed by atoms with Crippen molar-refractivity contribution in [1.29, 1.82) is 5.26 Å². The molecule has 0 bridgehead atoms. The van der Waals surface area contributed by atoms with Gasteiger partial charge in [0.05, 0.1) is 28.4 Å². The zero-order chi connectivity index (χ0) is 15.1. The number of imide groups is 1. The fourth-order valence-corrected chi connectivity index (χ4v) is 2.40. The molecule has 0 aromatic heterocycles. The highest BCUT2D eigenvalue weighted by Gasteiger charge is 2.37. The van der Waals surface area contributed by atoms with Crippen LogP contribution in [-0.4, -0.2) is 11.8 Å². The quantitative estimate of drug-likeness (QED) is 0.639. The molecule has 2 N–H and O–H groups in total. The van der Waals surface area contributed by atoms with Crippen LogP contribution in [0.5, 0.6) is 0 Å². The number of fused-ring (bicyclic) bond motifs is 1. The van der Waals surface area contributed by atoms with Gasteiger partial charge >= 0.3 is 0 Å². The predicted molar refractivity (Wildman–Crippen MR) is 77.9 cm³/mol. The van der Waals surface area contributed by atoms with Crippen LogP contribution in [0.3, 0.4) is 0 Å². The molecule has 2 aromatic rings. The van der Waals surface area contributed by atoms with Gasteiger partial charge in [-0.05, 0) is 42.8 Å². The van der Waals surface area contributed by atoms with E-state index in [9.17, 15) is 9.59 Å². The Morgan fingerprint density at radius 2 is 1.76 bits per heavy atom. The monoisotopic (exact) mass is 277 g/mol. The molecule has 2 amide bonds. The summed E-state index contributed by atoms with van der Waals surface area (Å²) in [5.41, 5.74) is 8.38. The minimum Gasteiger partial charge on any atom is -0.399 e. The van der Waals surface area contributed by atoms with Gasteiger partial charge in [0.1, 0.15) is 0 Å². The molecule has 0 saturated carbocycles. The highest BCUT2D eigenvalue weighted by molar-refractivity contribution is 6.34. The molecule has 21 heavy (non-hydrogen) atoms. The Morgan fingerprint density at radius 3 is 2.48 bits per heavy atom. The highest BCUT2D eigenvalue weighted by atomic mass is 16.2. The molecular formula is C16H11N3O2. The number of benzene rings is 2. The van der Waals surface area contributed by atoms with E-state index in [0.717, 1.165) is 10.5 Å². The molecule has 1 aliphatic heterocycles. The zero-order valence-electron chi connectivity index (χ0n) is 11.3. The van der Waals surface area contributed by atoms with Crippen molar-refractivity contribution >= 4 is 23.2 Å². The SMILES string of the molecule is Cc1ccc(N)cc1N1C(=O)c2ccc(C#N)cc2C1=O. The Morgan fingerprint density at radius 1 is 1.05 bits per heavy atom. The van der Waals surface area contributed by atoms with Crippen LogP contribution in [0.4, 0.5) is 11.4 Å². The Labute approximate surface area is 121 Å². The number of hydrogen-bond acceptors (Lipinski definition) is 4. The number of nitrogen functional groups attached to an aromatic ring is 1. The second-order valence-electron chi connectivity index (χ2n) is 4.86. The lowest BCUT2D eigenvalue weighted by molar-refractivity contribution is 0.0926. The maximum Gasteiger partial charge on any atom is 0.266 e. The first-order valence-electron chi connectivity index (χ1n) is 6.32. The summed E-state index contributed by atoms with van der Waals surface area (Å²) in [7, 11) is 0. The van der Waals surface area contributed by atoms with Crippen LogP contribution in [0.15, 0.2) is 36.4 Å². The molecule has 0 saturated heterocycles. The van der Waals surface area contributed by atoms with Crippen LogP contribution in [0, 0.1) is 18.3 Å². The fraction of sp³-hybridized carbons (Fsp3) is 0.0625. The number of rotatable bonds is 1. The van der Waals surface area contributed by atoms with Crippen molar-refractivity contribution in [2.75, 3.05) is 10.6 Å². The number of hydrogen-bond donors (Lipinski definition) is 1. The van der Waals surface area contributed by atoms with Crippen molar-refractivity contribution in [3.8, 4) is 6.07 Å². The molecule has 0 radical (unpaired) electrons. The van der Waals surface area contributed by atoms with E-state index in [0.29, 0.717) is 22.5 Å². The Bertz CT molecular complexity index is 834. The molecule has 0 atom stereocenters. The Balaban J connectivity index is 2.16. The second kappa shape index (κ2) is 4.46. The number of carbonyl (C=O) groups excluding carboxylic acids is 2. The Hall–Kier alpha value is -3.13. The van der Waals surface area contributed by atoms with Crippen LogP contribution in [-0.2, 0) is 0 Å². The maximum atomic E-state index is 12.5. The standard InChI is InChI=1S/C16H11N3O2/c1-9-2-4-11(18)7-14(9)19-15(20)12-5-3-10(8-17)6-13(12)16(19)21/h2-7H,18H2,1H3. The first kappa shape index (κ1) is 12.9. The van der Waals surface area contributed by atoms with Crippen molar-refractivity contribution in [1.82, 2.24) is 0 Å². The summed E-state index contributed by atoms with van der Waals surface area (Å²) in [6.07, 6.45) is 0. The number of nitrogens with two attached hydrogens (primary N) is 1. The lowest BCUT2D eigenvalue weighted by Crippen LogP contribution is -2.30. The average Bonchev–Trinajstić information content (AvgIpc) is 2.73. The van der Waals surface area contributed by atoms with Gasteiger partial charge in [0, 0.05) is 5.69 Å². The van der Waals surface area contributed by atoms with Gasteiger partial charge in [0.2, 0.25) is 0 Å². The van der Waals surface area contributed by atoms with Gasteiger partial charge in [-0.3, -0.25) is 9.59 Å². The van der Waals surface area contributed by atoms with Gasteiger partial charge in [-0.1, -0.05) is 6.07 Å². The van der Waals surface area contributed by atoms with Crippen molar-refractivity contribution in [2.24, 2.45) is 0 Å². The Kier molecular flexibility index (Phi) is 2.73. The van der Waals surface area contributed by atoms with Crippen LogP contribution >= 0.6 is 0 Å². The summed E-state index contributed by atoms with van der Waals surface area (Å²) in [5.74, 6) is -0.825. The summed E-state index contributed by atoms with van der Waals surface area (Å²) < 4.78 is 0. The average molecular weight is 277 g/mol. The smallest absolute Gasteiger partial charge is 0.266 e. The third-order valence-corrected chi connectivity index (χ3v) is 3.49. The first-order valence-corrected chi connectivity index (χ1v) is 6.32. The minimum atomic E-state index is -0.430. The van der Waals surface area contributed by atoms with Crippen molar-refractivity contribution < 1.29 is 9.59 Å². The third kappa shape index (κ3) is 1.85. The second-order valence-corrected chi connectivity index (χ2v) is 4.86. The van der Waals surface area contributed by atoms with E-state index in [2.05, 4.69) is 0 Å². The van der Waals surface area contributed by atoms with Gasteiger partial charge in [0.15, 0.2) is 0 Å². The van der Waals surface area contributed by atoms with E-state index in [1.54, 1.807) is 25.1 Å². The summed E-state index contributed by atoms with van der Waals surface area (Å²) in [6.45, 7) is 1.80. The summed E-state index contributed by atoms with van der Waals surface area (Å²) in [6, 6.07) is 11.5. The largest absolute Gasteiger partial charge is 0.399 e. The van der Waals surface area contributed by atoms with Crippen LogP contribution in [0.2, 0.25) is 0 Å². The lowest BCUT2D eigenvalue weighted by atomic mass is 10.1. The normalized spacial score (nSPS) is 13.2. The number of aryl methyl sites for hydroxylation is 1.